The van der Waals surface area contributed by atoms with E-state index >= 15 is 0 Å². The highest BCUT2D eigenvalue weighted by Gasteiger charge is 1.94. The lowest BCUT2D eigenvalue weighted by Gasteiger charge is -2.03. The summed E-state index contributed by atoms with van der Waals surface area (Å²) in [5, 5.41) is 33.1. The van der Waals surface area contributed by atoms with Crippen LogP contribution in [0.15, 0.2) is 24.3 Å². The molecule has 4 N–H and O–H groups in total. The van der Waals surface area contributed by atoms with Gasteiger partial charge in [-0.3, -0.25) is 0 Å². The first kappa shape index (κ1) is 34.0. The summed E-state index contributed by atoms with van der Waals surface area (Å²) in [5.74, 6) is -1.87. The van der Waals surface area contributed by atoms with Gasteiger partial charge < -0.3 is 20.4 Å². The van der Waals surface area contributed by atoms with Crippen LogP contribution in [0, 0.1) is 0 Å². The van der Waals surface area contributed by atoms with Crippen molar-refractivity contribution in [2.75, 3.05) is 13.2 Å². The number of aliphatic hydroxyl groups is 2. The van der Waals surface area contributed by atoms with Gasteiger partial charge in [0.2, 0.25) is 0 Å². The molecule has 0 aromatic heterocycles. The molecule has 0 fully saturated rings. The summed E-state index contributed by atoms with van der Waals surface area (Å²) in [6.07, 6.45) is 19.5. The summed E-state index contributed by atoms with van der Waals surface area (Å²) in [6.45, 7) is 9.93. The molecule has 0 atom stereocenters. The quantitative estimate of drug-likeness (QED) is 0.150. The maximum absolute atomic E-state index is 9.60. The first-order valence-electron chi connectivity index (χ1n) is 11.7. The zero-order chi connectivity index (χ0) is 24.3. The van der Waals surface area contributed by atoms with Gasteiger partial charge in [-0.1, -0.05) is 96.6 Å². The fraction of sp³-hybridized carbons (Fsp3) is 0.760. The van der Waals surface area contributed by atoms with Gasteiger partial charge in [-0.25, -0.2) is 9.59 Å². The summed E-state index contributed by atoms with van der Waals surface area (Å²) in [5.41, 5.74) is 0.352. The van der Waals surface area contributed by atoms with Crippen LogP contribution >= 0.6 is 0 Å². The van der Waals surface area contributed by atoms with Gasteiger partial charge in [-0.15, -0.1) is 0 Å². The lowest BCUT2D eigenvalue weighted by molar-refractivity contribution is -0.133. The Hall–Kier alpha value is -1.66. The number of aliphatic hydroxyl groups excluding tert-OH is 2. The molecule has 0 spiro atoms. The molecular weight excluding hydrogens is 396 g/mol. The Labute approximate surface area is 190 Å². The van der Waals surface area contributed by atoms with Gasteiger partial charge in [-0.05, 0) is 26.7 Å². The SMILES string of the molecule is C=C(C)C(=O)O.C=C(C)C(=O)O.OCCCCCCCCCCCCCCCCCO. The molecule has 31 heavy (non-hydrogen) atoms. The highest BCUT2D eigenvalue weighted by molar-refractivity contribution is 5.85. The van der Waals surface area contributed by atoms with E-state index in [2.05, 4.69) is 13.2 Å². The Balaban J connectivity index is -0.000000532. The largest absolute Gasteiger partial charge is 0.478 e. The lowest BCUT2D eigenvalue weighted by Crippen LogP contribution is -1.92. The number of hydrogen-bond acceptors (Lipinski definition) is 4. The van der Waals surface area contributed by atoms with E-state index in [1.165, 1.54) is 97.3 Å². The minimum absolute atomic E-state index is 0.176. The summed E-state index contributed by atoms with van der Waals surface area (Å²) in [7, 11) is 0. The third kappa shape index (κ3) is 39.4. The predicted molar refractivity (Wildman–Crippen MR) is 128 cm³/mol. The van der Waals surface area contributed by atoms with Crippen LogP contribution in [0.25, 0.3) is 0 Å². The van der Waals surface area contributed by atoms with Gasteiger partial charge in [0.05, 0.1) is 0 Å². The van der Waals surface area contributed by atoms with Crippen molar-refractivity contribution in [3.05, 3.63) is 24.3 Å². The highest BCUT2D eigenvalue weighted by atomic mass is 16.4. The molecule has 0 aromatic rings. The van der Waals surface area contributed by atoms with Crippen LogP contribution in [-0.4, -0.2) is 45.6 Å². The fourth-order valence-electron chi connectivity index (χ4n) is 2.52. The van der Waals surface area contributed by atoms with E-state index in [-0.39, 0.29) is 11.1 Å². The van der Waals surface area contributed by atoms with Gasteiger partial charge in [0, 0.05) is 24.4 Å². The molecule has 0 saturated heterocycles. The molecule has 184 valence electrons. The third-order valence-electron chi connectivity index (χ3n) is 4.55. The Morgan fingerprint density at radius 3 is 0.710 bits per heavy atom. The predicted octanol–water partition coefficient (Wildman–Crippen LogP) is 6.12. The topological polar surface area (TPSA) is 115 Å². The molecule has 6 nitrogen and oxygen atoms in total. The average molecular weight is 445 g/mol. The number of aliphatic carboxylic acids is 2. The second-order valence-corrected chi connectivity index (χ2v) is 7.92. The van der Waals surface area contributed by atoms with Crippen molar-refractivity contribution in [2.45, 2.75) is 110 Å². The molecule has 0 saturated carbocycles. The minimum Gasteiger partial charge on any atom is -0.478 e. The molecule has 0 radical (unpaired) electrons. The summed E-state index contributed by atoms with van der Waals surface area (Å²) >= 11 is 0. The molecule has 0 aliphatic carbocycles. The van der Waals surface area contributed by atoms with Crippen molar-refractivity contribution in [1.29, 1.82) is 0 Å². The number of carbonyl (C=O) groups is 2. The number of carboxylic acid groups (broad SMARTS) is 2. The normalized spacial score (nSPS) is 9.68. The smallest absolute Gasteiger partial charge is 0.330 e. The first-order chi connectivity index (χ1) is 14.7. The lowest BCUT2D eigenvalue weighted by atomic mass is 10.0. The van der Waals surface area contributed by atoms with Gasteiger partial charge in [-0.2, -0.15) is 0 Å². The van der Waals surface area contributed by atoms with Gasteiger partial charge in [0.15, 0.2) is 0 Å². The Morgan fingerprint density at radius 1 is 0.484 bits per heavy atom. The number of rotatable bonds is 18. The van der Waals surface area contributed by atoms with Crippen LogP contribution < -0.4 is 0 Å². The Kier molecular flexibility index (Phi) is 31.1. The standard InChI is InChI=1S/C17H36O2.2C4H6O2/c18-16-14-12-10-8-6-4-2-1-3-5-7-9-11-13-15-17-19;2*1-3(2)4(5)6/h18-19H,1-17H2;2*1H2,2H3,(H,5,6). The van der Waals surface area contributed by atoms with Crippen molar-refractivity contribution in [1.82, 2.24) is 0 Å². The van der Waals surface area contributed by atoms with Crippen LogP contribution in [0.4, 0.5) is 0 Å². The Morgan fingerprint density at radius 2 is 0.613 bits per heavy atom. The van der Waals surface area contributed by atoms with E-state index in [0.717, 1.165) is 12.8 Å². The van der Waals surface area contributed by atoms with E-state index in [9.17, 15) is 9.59 Å². The second kappa shape index (κ2) is 28.3. The maximum Gasteiger partial charge on any atom is 0.330 e. The van der Waals surface area contributed by atoms with Crippen LogP contribution in [-0.2, 0) is 9.59 Å². The summed E-state index contributed by atoms with van der Waals surface area (Å²) in [4.78, 5) is 19.2. The molecule has 0 amide bonds. The van der Waals surface area contributed by atoms with Gasteiger partial charge >= 0.3 is 11.9 Å². The molecule has 0 aliphatic rings. The highest BCUT2D eigenvalue weighted by Crippen LogP contribution is 2.13. The molecule has 0 aromatic carbocycles. The fourth-order valence-corrected chi connectivity index (χ4v) is 2.52. The second-order valence-electron chi connectivity index (χ2n) is 7.92. The van der Waals surface area contributed by atoms with Gasteiger partial charge in [0.1, 0.15) is 0 Å². The third-order valence-corrected chi connectivity index (χ3v) is 4.55. The summed E-state index contributed by atoms with van der Waals surface area (Å²) in [6, 6.07) is 0. The van der Waals surface area contributed by atoms with Gasteiger partial charge in [0.25, 0.3) is 0 Å². The van der Waals surface area contributed by atoms with Crippen molar-refractivity contribution in [3.63, 3.8) is 0 Å². The van der Waals surface area contributed by atoms with Crippen molar-refractivity contribution in [2.24, 2.45) is 0 Å². The molecule has 0 unspecified atom stereocenters. The summed E-state index contributed by atoms with van der Waals surface area (Å²) < 4.78 is 0. The number of carboxylic acids is 2. The zero-order valence-electron chi connectivity index (χ0n) is 20.0. The number of unbranched alkanes of at least 4 members (excludes halogenated alkanes) is 14. The molecule has 0 bridgehead atoms. The van der Waals surface area contributed by atoms with E-state index < -0.39 is 11.9 Å². The van der Waals surface area contributed by atoms with Crippen LogP contribution in [0.1, 0.15) is 110 Å². The van der Waals surface area contributed by atoms with E-state index in [1.807, 2.05) is 0 Å². The van der Waals surface area contributed by atoms with E-state index in [0.29, 0.717) is 13.2 Å². The maximum atomic E-state index is 9.60. The van der Waals surface area contributed by atoms with E-state index in [1.54, 1.807) is 0 Å². The van der Waals surface area contributed by atoms with Crippen molar-refractivity contribution >= 4 is 11.9 Å². The van der Waals surface area contributed by atoms with E-state index in [4.69, 9.17) is 20.4 Å². The van der Waals surface area contributed by atoms with Crippen LogP contribution in [0.3, 0.4) is 0 Å². The van der Waals surface area contributed by atoms with Crippen molar-refractivity contribution in [3.8, 4) is 0 Å². The van der Waals surface area contributed by atoms with Crippen LogP contribution in [0.2, 0.25) is 0 Å². The van der Waals surface area contributed by atoms with Crippen LogP contribution in [0.5, 0.6) is 0 Å². The molecule has 0 aliphatic heterocycles. The number of hydrogen-bond donors (Lipinski definition) is 4. The average Bonchev–Trinajstić information content (AvgIpc) is 2.71. The monoisotopic (exact) mass is 444 g/mol. The zero-order valence-corrected chi connectivity index (χ0v) is 20.0. The van der Waals surface area contributed by atoms with Crippen molar-refractivity contribution < 1.29 is 30.0 Å². The molecule has 6 heteroatoms. The Bertz CT molecular complexity index is 381. The molecule has 0 rings (SSSR count). The minimum atomic E-state index is -0.935. The molecule has 0 heterocycles. The first-order valence-corrected chi connectivity index (χ1v) is 11.7. The molecular formula is C25H48O6.